The molecular formula is C13H11FN4S2. The number of fused-ring (bicyclic) bond motifs is 1. The minimum absolute atomic E-state index is 0.236. The number of benzene rings is 1. The summed E-state index contributed by atoms with van der Waals surface area (Å²) >= 11 is 3.11. The Kier molecular flexibility index (Phi) is 3.81. The lowest BCUT2D eigenvalue weighted by molar-refractivity contribution is 0.626. The Hall–Kier alpha value is -1.70. The lowest BCUT2D eigenvalue weighted by Gasteiger charge is -2.05. The first-order valence-electron chi connectivity index (χ1n) is 5.85. The van der Waals surface area contributed by atoms with Crippen molar-refractivity contribution in [3.8, 4) is 0 Å². The number of thioether (sulfide) groups is 1. The van der Waals surface area contributed by atoms with E-state index in [1.807, 2.05) is 11.4 Å². The van der Waals surface area contributed by atoms with Crippen LogP contribution in [0.4, 0.5) is 10.2 Å². The maximum Gasteiger partial charge on any atom is 0.152 e. The zero-order chi connectivity index (χ0) is 13.9. The van der Waals surface area contributed by atoms with Crippen LogP contribution in [-0.2, 0) is 5.75 Å². The van der Waals surface area contributed by atoms with Gasteiger partial charge in [0, 0.05) is 4.90 Å². The van der Waals surface area contributed by atoms with Crippen molar-refractivity contribution < 1.29 is 4.39 Å². The fraction of sp³-hybridized carbons (Fsp3) is 0.0769. The fourth-order valence-corrected chi connectivity index (χ4v) is 3.29. The van der Waals surface area contributed by atoms with Gasteiger partial charge in [-0.25, -0.2) is 20.2 Å². The Morgan fingerprint density at radius 1 is 1.20 bits per heavy atom. The number of nitrogens with zero attached hydrogens (tertiary/aromatic N) is 2. The maximum atomic E-state index is 12.8. The van der Waals surface area contributed by atoms with E-state index in [2.05, 4.69) is 15.4 Å². The van der Waals surface area contributed by atoms with E-state index in [9.17, 15) is 4.39 Å². The molecule has 0 saturated carbocycles. The molecule has 7 heteroatoms. The minimum Gasteiger partial charge on any atom is -0.308 e. The second kappa shape index (κ2) is 5.74. The molecule has 102 valence electrons. The highest BCUT2D eigenvalue weighted by Gasteiger charge is 2.08. The quantitative estimate of drug-likeness (QED) is 0.439. The molecule has 0 unspecified atom stereocenters. The van der Waals surface area contributed by atoms with Gasteiger partial charge in [-0.15, -0.1) is 23.1 Å². The standard InChI is InChI=1S/C13H11FN4S2/c14-8-1-3-9(4-2-8)20-7-11-16-12(18-15)10-5-6-19-13(10)17-11/h1-6H,7,15H2,(H,16,17,18). The van der Waals surface area contributed by atoms with Crippen molar-refractivity contribution in [1.82, 2.24) is 9.97 Å². The second-order valence-corrected chi connectivity index (χ2v) is 5.96. The van der Waals surface area contributed by atoms with Gasteiger partial charge < -0.3 is 5.43 Å². The van der Waals surface area contributed by atoms with E-state index < -0.39 is 0 Å². The molecule has 0 atom stereocenters. The molecule has 3 aromatic rings. The molecule has 1 aromatic carbocycles. The van der Waals surface area contributed by atoms with Gasteiger partial charge in [0.15, 0.2) is 5.82 Å². The van der Waals surface area contributed by atoms with Gasteiger partial charge in [-0.05, 0) is 35.7 Å². The number of nitrogens with one attached hydrogen (secondary N) is 1. The summed E-state index contributed by atoms with van der Waals surface area (Å²) < 4.78 is 12.8. The number of hydrazine groups is 1. The Labute approximate surface area is 123 Å². The summed E-state index contributed by atoms with van der Waals surface area (Å²) in [6.45, 7) is 0. The van der Waals surface area contributed by atoms with Crippen LogP contribution in [0.25, 0.3) is 10.2 Å². The first-order valence-corrected chi connectivity index (χ1v) is 7.72. The number of hydrogen-bond donors (Lipinski definition) is 2. The summed E-state index contributed by atoms with van der Waals surface area (Å²) in [4.78, 5) is 10.8. The van der Waals surface area contributed by atoms with Crippen LogP contribution in [0.1, 0.15) is 5.82 Å². The minimum atomic E-state index is -0.236. The number of anilines is 1. The molecule has 0 amide bonds. The first-order chi connectivity index (χ1) is 9.76. The molecule has 0 radical (unpaired) electrons. The van der Waals surface area contributed by atoms with Crippen LogP contribution in [0.5, 0.6) is 0 Å². The number of aromatic nitrogens is 2. The number of nitrogen functional groups attached to an aromatic ring is 1. The molecule has 0 spiro atoms. The SMILES string of the molecule is NNc1nc(CSc2ccc(F)cc2)nc2sccc12. The molecule has 0 aliphatic carbocycles. The van der Waals surface area contributed by atoms with Crippen molar-refractivity contribution in [3.63, 3.8) is 0 Å². The molecule has 0 aliphatic heterocycles. The summed E-state index contributed by atoms with van der Waals surface area (Å²) in [5.74, 6) is 7.18. The molecule has 2 heterocycles. The van der Waals surface area contributed by atoms with Crippen LogP contribution in [0.3, 0.4) is 0 Å². The predicted octanol–water partition coefficient (Wildman–Crippen LogP) is 3.41. The third-order valence-corrected chi connectivity index (χ3v) is 4.50. The molecule has 20 heavy (non-hydrogen) atoms. The molecule has 0 saturated heterocycles. The zero-order valence-electron chi connectivity index (χ0n) is 10.3. The van der Waals surface area contributed by atoms with Gasteiger partial charge in [0.1, 0.15) is 16.5 Å². The van der Waals surface area contributed by atoms with Crippen LogP contribution in [-0.4, -0.2) is 9.97 Å². The largest absolute Gasteiger partial charge is 0.308 e. The summed E-state index contributed by atoms with van der Waals surface area (Å²) in [6, 6.07) is 8.31. The zero-order valence-corrected chi connectivity index (χ0v) is 12.0. The molecule has 4 nitrogen and oxygen atoms in total. The molecule has 3 N–H and O–H groups in total. The van der Waals surface area contributed by atoms with Gasteiger partial charge in [0.05, 0.1) is 11.1 Å². The second-order valence-electron chi connectivity index (χ2n) is 4.01. The van der Waals surface area contributed by atoms with E-state index in [4.69, 9.17) is 5.84 Å². The van der Waals surface area contributed by atoms with E-state index in [0.29, 0.717) is 17.4 Å². The molecule has 0 fully saturated rings. The number of hydrogen-bond acceptors (Lipinski definition) is 6. The summed E-state index contributed by atoms with van der Waals surface area (Å²) in [5.41, 5.74) is 2.60. The van der Waals surface area contributed by atoms with Crippen LogP contribution in [0.2, 0.25) is 0 Å². The molecule has 2 aromatic heterocycles. The molecule has 0 bridgehead atoms. The van der Waals surface area contributed by atoms with Crippen molar-refractivity contribution in [2.75, 3.05) is 5.43 Å². The highest BCUT2D eigenvalue weighted by molar-refractivity contribution is 7.98. The van der Waals surface area contributed by atoms with Gasteiger partial charge in [-0.2, -0.15) is 0 Å². The van der Waals surface area contributed by atoms with Gasteiger partial charge in [-0.1, -0.05) is 0 Å². The lowest BCUT2D eigenvalue weighted by atomic mass is 10.4. The lowest BCUT2D eigenvalue weighted by Crippen LogP contribution is -2.10. The Morgan fingerprint density at radius 3 is 2.75 bits per heavy atom. The van der Waals surface area contributed by atoms with Crippen molar-refractivity contribution in [2.24, 2.45) is 5.84 Å². The van der Waals surface area contributed by atoms with Crippen LogP contribution in [0, 0.1) is 5.82 Å². The van der Waals surface area contributed by atoms with Gasteiger partial charge in [-0.3, -0.25) is 0 Å². The third kappa shape index (κ3) is 2.74. The molecule has 3 rings (SSSR count). The Bertz CT molecular complexity index is 727. The molecule has 0 aliphatic rings. The van der Waals surface area contributed by atoms with E-state index in [1.54, 1.807) is 35.2 Å². The number of rotatable bonds is 4. The summed E-state index contributed by atoms with van der Waals surface area (Å²) in [7, 11) is 0. The highest BCUT2D eigenvalue weighted by Crippen LogP contribution is 2.27. The highest BCUT2D eigenvalue weighted by atomic mass is 32.2. The van der Waals surface area contributed by atoms with E-state index >= 15 is 0 Å². The van der Waals surface area contributed by atoms with Crippen molar-refractivity contribution >= 4 is 39.1 Å². The van der Waals surface area contributed by atoms with Gasteiger partial charge in [0.25, 0.3) is 0 Å². The van der Waals surface area contributed by atoms with Gasteiger partial charge in [0.2, 0.25) is 0 Å². The smallest absolute Gasteiger partial charge is 0.152 e. The summed E-state index contributed by atoms with van der Waals surface area (Å²) in [6.07, 6.45) is 0. The van der Waals surface area contributed by atoms with Gasteiger partial charge >= 0.3 is 0 Å². The van der Waals surface area contributed by atoms with Crippen LogP contribution >= 0.6 is 23.1 Å². The normalized spacial score (nSPS) is 10.9. The van der Waals surface area contributed by atoms with Crippen molar-refractivity contribution in [3.05, 3.63) is 47.4 Å². The summed E-state index contributed by atoms with van der Waals surface area (Å²) in [5, 5.41) is 2.88. The monoisotopic (exact) mass is 306 g/mol. The van der Waals surface area contributed by atoms with E-state index in [1.165, 1.54) is 12.1 Å². The number of thiophene rings is 1. The number of halogens is 1. The maximum absolute atomic E-state index is 12.8. The van der Waals surface area contributed by atoms with Crippen LogP contribution < -0.4 is 11.3 Å². The Morgan fingerprint density at radius 2 is 2.00 bits per heavy atom. The van der Waals surface area contributed by atoms with E-state index in [0.717, 1.165) is 15.1 Å². The Balaban J connectivity index is 1.81. The topological polar surface area (TPSA) is 63.8 Å². The van der Waals surface area contributed by atoms with Crippen molar-refractivity contribution in [1.29, 1.82) is 0 Å². The average molecular weight is 306 g/mol. The third-order valence-electron chi connectivity index (χ3n) is 2.69. The van der Waals surface area contributed by atoms with Crippen LogP contribution in [0.15, 0.2) is 40.6 Å². The van der Waals surface area contributed by atoms with E-state index in [-0.39, 0.29) is 5.82 Å². The fourth-order valence-electron chi connectivity index (χ4n) is 1.75. The first kappa shape index (κ1) is 13.3. The number of nitrogens with two attached hydrogens (primary N) is 1. The average Bonchev–Trinajstić information content (AvgIpc) is 2.94. The predicted molar refractivity (Wildman–Crippen MR) is 81.2 cm³/mol. The molecular weight excluding hydrogens is 295 g/mol. The van der Waals surface area contributed by atoms with Crippen molar-refractivity contribution in [2.45, 2.75) is 10.6 Å².